The lowest BCUT2D eigenvalue weighted by atomic mass is 9.82. The average molecular weight is 202 g/mol. The highest BCUT2D eigenvalue weighted by molar-refractivity contribution is 4.88. The molecule has 1 heterocycles. The van der Waals surface area contributed by atoms with E-state index in [1.165, 1.54) is 0 Å². The molecule has 1 aliphatic heterocycles. The van der Waals surface area contributed by atoms with Crippen molar-refractivity contribution in [2.24, 2.45) is 5.92 Å². The highest BCUT2D eigenvalue weighted by Gasteiger charge is 2.41. The van der Waals surface area contributed by atoms with Gasteiger partial charge in [-0.05, 0) is 27.7 Å². The zero-order valence-corrected chi connectivity index (χ0v) is 9.78. The molecule has 0 bridgehead atoms. The van der Waals surface area contributed by atoms with E-state index in [1.807, 2.05) is 34.6 Å². The van der Waals surface area contributed by atoms with Crippen LogP contribution in [0, 0.1) is 5.92 Å². The minimum Gasteiger partial charge on any atom is -0.390 e. The molecule has 1 rings (SSSR count). The molecule has 0 aliphatic carbocycles. The molecule has 1 N–H and O–H groups in total. The van der Waals surface area contributed by atoms with Crippen LogP contribution in [-0.4, -0.2) is 29.2 Å². The first kappa shape index (κ1) is 12.0. The number of ether oxygens (including phenoxy) is 2. The van der Waals surface area contributed by atoms with Gasteiger partial charge in [0.05, 0.1) is 17.8 Å². The normalized spacial score (nSPS) is 44.4. The van der Waals surface area contributed by atoms with Crippen molar-refractivity contribution in [3.05, 3.63) is 0 Å². The smallest absolute Gasteiger partial charge is 0.161 e. The van der Waals surface area contributed by atoms with Crippen LogP contribution >= 0.6 is 0 Å². The molecule has 0 amide bonds. The van der Waals surface area contributed by atoms with Crippen LogP contribution in [0.1, 0.15) is 41.0 Å². The third-order valence-electron chi connectivity index (χ3n) is 3.06. The fourth-order valence-electron chi connectivity index (χ4n) is 1.82. The van der Waals surface area contributed by atoms with Crippen LogP contribution in [0.3, 0.4) is 0 Å². The first-order chi connectivity index (χ1) is 6.33. The Bertz CT molecular complexity index is 189. The molecule has 1 fully saturated rings. The maximum Gasteiger partial charge on any atom is 0.161 e. The first-order valence-electron chi connectivity index (χ1n) is 5.36. The predicted octanol–water partition coefficient (Wildman–Crippen LogP) is 1.93. The highest BCUT2D eigenvalue weighted by Crippen LogP contribution is 2.34. The molecule has 0 spiro atoms. The Balaban J connectivity index is 2.59. The summed E-state index contributed by atoms with van der Waals surface area (Å²) in [5.41, 5.74) is -0.683. The third-order valence-corrected chi connectivity index (χ3v) is 3.06. The Morgan fingerprint density at radius 3 is 2.43 bits per heavy atom. The van der Waals surface area contributed by atoms with Gasteiger partial charge in [-0.1, -0.05) is 6.92 Å². The average Bonchev–Trinajstić information content (AvgIpc) is 1.98. The lowest BCUT2D eigenvalue weighted by molar-refractivity contribution is -0.262. The van der Waals surface area contributed by atoms with Crippen LogP contribution in [0.25, 0.3) is 0 Å². The van der Waals surface area contributed by atoms with Crippen LogP contribution in [0.5, 0.6) is 0 Å². The quantitative estimate of drug-likeness (QED) is 0.743. The number of rotatable bonds is 2. The molecule has 14 heavy (non-hydrogen) atoms. The van der Waals surface area contributed by atoms with Gasteiger partial charge in [0.2, 0.25) is 0 Å². The Kier molecular flexibility index (Phi) is 3.56. The summed E-state index contributed by atoms with van der Waals surface area (Å²) in [4.78, 5) is 0. The number of hydrogen-bond acceptors (Lipinski definition) is 3. The summed E-state index contributed by atoms with van der Waals surface area (Å²) in [6, 6.07) is 0. The third kappa shape index (κ3) is 2.69. The van der Waals surface area contributed by atoms with Gasteiger partial charge in [0.1, 0.15) is 0 Å². The molecule has 0 aromatic carbocycles. The highest BCUT2D eigenvalue weighted by atomic mass is 16.7. The molecule has 0 aromatic heterocycles. The second kappa shape index (κ2) is 4.17. The van der Waals surface area contributed by atoms with Gasteiger partial charge in [-0.3, -0.25) is 0 Å². The molecule has 0 saturated carbocycles. The van der Waals surface area contributed by atoms with E-state index >= 15 is 0 Å². The second-order valence-corrected chi connectivity index (χ2v) is 4.81. The molecular formula is C11H22O3. The van der Waals surface area contributed by atoms with Crippen LogP contribution in [0.4, 0.5) is 0 Å². The lowest BCUT2D eigenvalue weighted by Gasteiger charge is -2.43. The molecule has 4 unspecified atom stereocenters. The van der Waals surface area contributed by atoms with Crippen molar-refractivity contribution in [1.29, 1.82) is 0 Å². The molecular weight excluding hydrogens is 180 g/mol. The molecule has 3 heteroatoms. The van der Waals surface area contributed by atoms with Gasteiger partial charge in [0.15, 0.2) is 6.29 Å². The Morgan fingerprint density at radius 2 is 2.00 bits per heavy atom. The van der Waals surface area contributed by atoms with Gasteiger partial charge in [-0.15, -0.1) is 0 Å². The molecule has 1 saturated heterocycles. The monoisotopic (exact) mass is 202 g/mol. The van der Waals surface area contributed by atoms with Crippen molar-refractivity contribution >= 4 is 0 Å². The van der Waals surface area contributed by atoms with E-state index in [-0.39, 0.29) is 24.4 Å². The van der Waals surface area contributed by atoms with E-state index in [0.29, 0.717) is 6.42 Å². The van der Waals surface area contributed by atoms with Gasteiger partial charge in [0.25, 0.3) is 0 Å². The summed E-state index contributed by atoms with van der Waals surface area (Å²) in [6.07, 6.45) is 0.464. The van der Waals surface area contributed by atoms with Crippen molar-refractivity contribution in [2.45, 2.75) is 65.1 Å². The number of aliphatic hydroxyl groups is 1. The molecule has 3 nitrogen and oxygen atoms in total. The van der Waals surface area contributed by atoms with E-state index in [1.54, 1.807) is 0 Å². The Labute approximate surface area is 86.4 Å². The summed E-state index contributed by atoms with van der Waals surface area (Å²) in [7, 11) is 0. The van der Waals surface area contributed by atoms with Crippen LogP contribution in [-0.2, 0) is 9.47 Å². The summed E-state index contributed by atoms with van der Waals surface area (Å²) in [5, 5.41) is 10.1. The van der Waals surface area contributed by atoms with E-state index in [2.05, 4.69) is 0 Å². The van der Waals surface area contributed by atoms with Crippen molar-refractivity contribution in [2.75, 3.05) is 0 Å². The van der Waals surface area contributed by atoms with Gasteiger partial charge in [-0.2, -0.15) is 0 Å². The van der Waals surface area contributed by atoms with Crippen molar-refractivity contribution < 1.29 is 14.6 Å². The molecule has 84 valence electrons. The van der Waals surface area contributed by atoms with Gasteiger partial charge in [-0.25, -0.2) is 0 Å². The summed E-state index contributed by atoms with van der Waals surface area (Å²) in [5.74, 6) is 0.148. The van der Waals surface area contributed by atoms with Crippen LogP contribution < -0.4 is 0 Å². The van der Waals surface area contributed by atoms with Gasteiger partial charge in [0, 0.05) is 12.3 Å². The minimum atomic E-state index is -0.683. The Hall–Kier alpha value is -0.120. The molecule has 1 aliphatic rings. The minimum absolute atomic E-state index is 0.0440. The topological polar surface area (TPSA) is 38.7 Å². The zero-order valence-electron chi connectivity index (χ0n) is 9.78. The Morgan fingerprint density at radius 1 is 1.43 bits per heavy atom. The lowest BCUT2D eigenvalue weighted by Crippen LogP contribution is -2.50. The fraction of sp³-hybridized carbons (Fsp3) is 1.00. The molecule has 4 atom stereocenters. The van der Waals surface area contributed by atoms with Crippen LogP contribution in [0.2, 0.25) is 0 Å². The maximum atomic E-state index is 10.1. The van der Waals surface area contributed by atoms with E-state index < -0.39 is 5.60 Å². The SMILES string of the molecule is CC(C)OC1CC(C)(O)C(C)C(C)O1. The van der Waals surface area contributed by atoms with Crippen molar-refractivity contribution in [3.8, 4) is 0 Å². The summed E-state index contributed by atoms with van der Waals surface area (Å²) >= 11 is 0. The maximum absolute atomic E-state index is 10.1. The van der Waals surface area contributed by atoms with Crippen molar-refractivity contribution in [1.82, 2.24) is 0 Å². The number of hydrogen-bond donors (Lipinski definition) is 1. The van der Waals surface area contributed by atoms with E-state index in [4.69, 9.17) is 9.47 Å². The standard InChI is InChI=1S/C11H22O3/c1-7(2)13-10-6-11(5,12)8(3)9(4)14-10/h7-10,12H,6H2,1-5H3. The zero-order chi connectivity index (χ0) is 10.9. The second-order valence-electron chi connectivity index (χ2n) is 4.81. The van der Waals surface area contributed by atoms with E-state index in [9.17, 15) is 5.11 Å². The summed E-state index contributed by atoms with van der Waals surface area (Å²) in [6.45, 7) is 9.79. The predicted molar refractivity (Wildman–Crippen MR) is 55.0 cm³/mol. The van der Waals surface area contributed by atoms with E-state index in [0.717, 1.165) is 0 Å². The van der Waals surface area contributed by atoms with Crippen LogP contribution in [0.15, 0.2) is 0 Å². The molecule has 0 aromatic rings. The van der Waals surface area contributed by atoms with Gasteiger partial charge < -0.3 is 14.6 Å². The largest absolute Gasteiger partial charge is 0.390 e. The molecule has 0 radical (unpaired) electrons. The fourth-order valence-corrected chi connectivity index (χ4v) is 1.82. The van der Waals surface area contributed by atoms with Gasteiger partial charge >= 0.3 is 0 Å². The van der Waals surface area contributed by atoms with Crippen molar-refractivity contribution in [3.63, 3.8) is 0 Å². The summed E-state index contributed by atoms with van der Waals surface area (Å²) < 4.78 is 11.2. The first-order valence-corrected chi connectivity index (χ1v) is 5.36.